The third kappa shape index (κ3) is 2.12. The van der Waals surface area contributed by atoms with Crippen LogP contribution in [0.3, 0.4) is 0 Å². The molecular weight excluding hydrogens is 376 g/mol. The number of cyclic esters (lactones) is 1. The molecule has 2 aliphatic carbocycles. The molecule has 0 aromatic rings. The van der Waals surface area contributed by atoms with Crippen LogP contribution in [0.5, 0.6) is 0 Å². The van der Waals surface area contributed by atoms with Crippen molar-refractivity contribution >= 4 is 18.5 Å². The Hall–Kier alpha value is -3.92. The van der Waals surface area contributed by atoms with Crippen molar-refractivity contribution in [3.63, 3.8) is 0 Å². The van der Waals surface area contributed by atoms with Crippen molar-refractivity contribution in [2.75, 3.05) is 0 Å². The number of hydrogen-bond donors (Lipinski definition) is 3. The van der Waals surface area contributed by atoms with E-state index in [0.717, 1.165) is 6.07 Å². The Morgan fingerprint density at radius 1 is 0.964 bits per heavy atom. The molecule has 0 aromatic heterocycles. The van der Waals surface area contributed by atoms with Crippen molar-refractivity contribution in [3.05, 3.63) is 85.5 Å². The van der Waals surface area contributed by atoms with Crippen LogP contribution in [0.15, 0.2) is 29.3 Å². The van der Waals surface area contributed by atoms with Gasteiger partial charge in [0.15, 0.2) is 21.7 Å². The topological polar surface area (TPSA) is 164 Å². The van der Waals surface area contributed by atoms with Crippen LogP contribution in [0.2, 0.25) is 0 Å². The molecule has 0 unspecified atom stereocenters. The summed E-state index contributed by atoms with van der Waals surface area (Å²) in [5.74, 6) is -1.17. The lowest BCUT2D eigenvalue weighted by Crippen LogP contribution is -2.31. The highest BCUT2D eigenvalue weighted by molar-refractivity contribution is 5.93. The minimum absolute atomic E-state index is 0.157. The number of aliphatic hydroxyl groups excluding tert-OH is 3. The van der Waals surface area contributed by atoms with Gasteiger partial charge in [-0.2, -0.15) is 0 Å². The van der Waals surface area contributed by atoms with Crippen LogP contribution < -0.4 is 26.9 Å². The maximum Gasteiger partial charge on any atom is 0.347 e. The molecule has 1 atom stereocenters. The number of ether oxygens (including phenoxy) is 1. The lowest BCUT2D eigenvalue weighted by Gasteiger charge is -2.00. The molecule has 10 nitrogen and oxygen atoms in total. The van der Waals surface area contributed by atoms with Crippen LogP contribution in [0.4, 0.5) is 0 Å². The average Bonchev–Trinajstić information content (AvgIpc) is 2.83. The summed E-state index contributed by atoms with van der Waals surface area (Å²) in [5, 5.41) is 27.8. The molecule has 2 aliphatic heterocycles. The Bertz CT molecular complexity index is 1610. The fourth-order valence-corrected chi connectivity index (χ4v) is 3.20. The van der Waals surface area contributed by atoms with Crippen LogP contribution in [0, 0.1) is 28.4 Å². The monoisotopic (exact) mass is 386 g/mol. The summed E-state index contributed by atoms with van der Waals surface area (Å²) >= 11 is 0. The third-order valence-corrected chi connectivity index (χ3v) is 4.45. The van der Waals surface area contributed by atoms with E-state index in [-0.39, 0.29) is 16.0 Å². The van der Waals surface area contributed by atoms with Crippen molar-refractivity contribution in [3.8, 4) is 0 Å². The van der Waals surface area contributed by atoms with Gasteiger partial charge in [-0.05, 0) is 18.6 Å². The molecule has 2 heterocycles. The van der Waals surface area contributed by atoms with Gasteiger partial charge in [-0.25, -0.2) is 9.59 Å². The van der Waals surface area contributed by atoms with E-state index in [4.69, 9.17) is 8.83 Å². The third-order valence-electron chi connectivity index (χ3n) is 4.45. The van der Waals surface area contributed by atoms with Crippen molar-refractivity contribution in [1.82, 2.24) is 0 Å². The number of carbonyl (C=O) groups is 1. The number of hydrogen-bond acceptors (Lipinski definition) is 10. The quantitative estimate of drug-likeness (QED) is 0.386. The van der Waals surface area contributed by atoms with E-state index in [1.807, 2.05) is 0 Å². The highest BCUT2D eigenvalue weighted by atomic mass is 16.6. The second-order valence-electron chi connectivity index (χ2n) is 6.01. The zero-order valence-electron chi connectivity index (χ0n) is 14.0. The SMILES string of the molecule is Cc1cc(=O)c(=CO)c2oc3c4c(c(=O)c(=CO)c=3oc(=O)c1=2)C(=O)O[C@@H]4O. The van der Waals surface area contributed by atoms with Gasteiger partial charge in [0.1, 0.15) is 16.0 Å². The van der Waals surface area contributed by atoms with Crippen LogP contribution in [0.1, 0.15) is 27.8 Å². The van der Waals surface area contributed by atoms with Gasteiger partial charge < -0.3 is 28.9 Å². The first kappa shape index (κ1) is 17.5. The summed E-state index contributed by atoms with van der Waals surface area (Å²) in [5.41, 5.74) is -5.09. The predicted molar refractivity (Wildman–Crippen MR) is 88.9 cm³/mol. The normalized spacial score (nSPS) is 17.4. The van der Waals surface area contributed by atoms with Crippen molar-refractivity contribution in [1.29, 1.82) is 0 Å². The van der Waals surface area contributed by atoms with Crippen LogP contribution in [0.25, 0.3) is 12.5 Å². The van der Waals surface area contributed by atoms with Gasteiger partial charge in [0.05, 0.1) is 23.3 Å². The molecule has 4 aliphatic rings. The Morgan fingerprint density at radius 2 is 1.64 bits per heavy atom. The van der Waals surface area contributed by atoms with Crippen LogP contribution >= 0.6 is 0 Å². The standard InChI is InChI=1S/C18H10O10/c1-5-2-8(21)6(3-19)13-9(5)16(23)27-14-7(4-20)12(22)10-11(15(14)26-13)18(25)28-17(10)24/h2-4,18-20,25H,1H3/t18-/m0/s1. The fraction of sp³-hybridized carbons (Fsp3) is 0.111. The van der Waals surface area contributed by atoms with Gasteiger partial charge in [0.25, 0.3) is 0 Å². The van der Waals surface area contributed by atoms with E-state index in [9.17, 15) is 34.5 Å². The molecule has 0 spiro atoms. The molecule has 28 heavy (non-hydrogen) atoms. The van der Waals surface area contributed by atoms with Gasteiger partial charge in [-0.3, -0.25) is 9.59 Å². The minimum Gasteiger partial charge on any atom is -0.515 e. The van der Waals surface area contributed by atoms with Crippen molar-refractivity contribution < 1.29 is 33.7 Å². The predicted octanol–water partition coefficient (Wildman–Crippen LogP) is -1.54. The summed E-state index contributed by atoms with van der Waals surface area (Å²) < 4.78 is 15.4. The summed E-state index contributed by atoms with van der Waals surface area (Å²) in [6.07, 6.45) is -1.16. The Labute approximate surface area is 151 Å². The fourth-order valence-electron chi connectivity index (χ4n) is 3.20. The largest absolute Gasteiger partial charge is 0.515 e. The molecule has 0 aromatic carbocycles. The lowest BCUT2D eigenvalue weighted by molar-refractivity contribution is -0.0560. The molecule has 0 amide bonds. The maximum atomic E-state index is 12.6. The molecule has 0 saturated heterocycles. The lowest BCUT2D eigenvalue weighted by atomic mass is 10.1. The van der Waals surface area contributed by atoms with Gasteiger partial charge in [-0.15, -0.1) is 0 Å². The first-order valence-corrected chi connectivity index (χ1v) is 7.79. The van der Waals surface area contributed by atoms with Gasteiger partial charge in [-0.1, -0.05) is 0 Å². The molecule has 0 radical (unpaired) electrons. The second-order valence-corrected chi connectivity index (χ2v) is 6.01. The zero-order chi connectivity index (χ0) is 20.3. The highest BCUT2D eigenvalue weighted by Gasteiger charge is 2.36. The molecule has 10 heteroatoms. The minimum atomic E-state index is -1.91. The zero-order valence-corrected chi connectivity index (χ0v) is 14.0. The molecule has 142 valence electrons. The van der Waals surface area contributed by atoms with E-state index in [1.165, 1.54) is 6.92 Å². The first-order valence-electron chi connectivity index (χ1n) is 7.79. The molecule has 0 fully saturated rings. The Balaban J connectivity index is 2.58. The average molecular weight is 386 g/mol. The van der Waals surface area contributed by atoms with E-state index in [1.54, 1.807) is 0 Å². The maximum absolute atomic E-state index is 12.6. The summed E-state index contributed by atoms with van der Waals surface area (Å²) in [4.78, 5) is 49.2. The number of esters is 1. The van der Waals surface area contributed by atoms with E-state index >= 15 is 0 Å². The number of carbonyl (C=O) groups excluding carboxylic acids is 1. The van der Waals surface area contributed by atoms with E-state index in [2.05, 4.69) is 4.74 Å². The van der Waals surface area contributed by atoms with Crippen LogP contribution in [-0.2, 0) is 4.74 Å². The smallest absolute Gasteiger partial charge is 0.347 e. The highest BCUT2D eigenvalue weighted by Crippen LogP contribution is 2.26. The number of rotatable bonds is 0. The molecule has 4 rings (SSSR count). The van der Waals surface area contributed by atoms with E-state index in [0.29, 0.717) is 12.5 Å². The van der Waals surface area contributed by atoms with E-state index < -0.39 is 61.3 Å². The number of fused-ring (bicyclic) bond motifs is 2. The van der Waals surface area contributed by atoms with Gasteiger partial charge in [0, 0.05) is 0 Å². The Morgan fingerprint density at radius 3 is 2.29 bits per heavy atom. The summed E-state index contributed by atoms with van der Waals surface area (Å²) in [6.45, 7) is 1.42. The summed E-state index contributed by atoms with van der Waals surface area (Å²) in [7, 11) is 0. The van der Waals surface area contributed by atoms with Gasteiger partial charge >= 0.3 is 11.6 Å². The van der Waals surface area contributed by atoms with Crippen molar-refractivity contribution in [2.45, 2.75) is 13.2 Å². The van der Waals surface area contributed by atoms with Crippen molar-refractivity contribution in [2.24, 2.45) is 0 Å². The summed E-state index contributed by atoms with van der Waals surface area (Å²) in [6, 6.07) is 1.07. The Kier molecular flexibility index (Phi) is 3.62. The number of aryl methyl sites for hydroxylation is 1. The molecule has 0 saturated carbocycles. The molecule has 3 N–H and O–H groups in total. The molecule has 0 bridgehead atoms. The van der Waals surface area contributed by atoms with Crippen LogP contribution in [-0.4, -0.2) is 21.3 Å². The first-order chi connectivity index (χ1) is 13.3. The second kappa shape index (κ2) is 5.79. The number of aliphatic hydroxyl groups is 3. The molecular formula is C18H10O10. The van der Waals surface area contributed by atoms with Gasteiger partial charge in [0.2, 0.25) is 11.7 Å².